The first kappa shape index (κ1) is 19.9. The molecule has 1 aliphatic heterocycles. The van der Waals surface area contributed by atoms with E-state index >= 15 is 0 Å². The van der Waals surface area contributed by atoms with Crippen LogP contribution in [0.15, 0.2) is 4.99 Å². The average molecular weight is 398 g/mol. The Hall–Kier alpha value is -0.0800. The van der Waals surface area contributed by atoms with Gasteiger partial charge in [-0.05, 0) is 32.9 Å². The second-order valence-corrected chi connectivity index (χ2v) is 4.86. The number of piperidine rings is 1. The molecular formula is C14H31IN4O. The standard InChI is InChI=1S/C14H30N4O.HI/c1-4-18-10-7-6-8-13(18)12-17-14(15-3)16-9-11-19-5-2;/h13H,4-12H2,1-3H3,(H2,15,16,17);1H. The van der Waals surface area contributed by atoms with Gasteiger partial charge in [0.05, 0.1) is 6.61 Å². The summed E-state index contributed by atoms with van der Waals surface area (Å²) in [5.41, 5.74) is 0. The summed E-state index contributed by atoms with van der Waals surface area (Å²) in [6.45, 7) is 9.89. The lowest BCUT2D eigenvalue weighted by Crippen LogP contribution is -2.49. The first-order valence-corrected chi connectivity index (χ1v) is 7.58. The van der Waals surface area contributed by atoms with Crippen LogP contribution in [-0.2, 0) is 4.74 Å². The van der Waals surface area contributed by atoms with Gasteiger partial charge >= 0.3 is 0 Å². The van der Waals surface area contributed by atoms with E-state index in [4.69, 9.17) is 4.74 Å². The number of nitrogens with zero attached hydrogens (tertiary/aromatic N) is 2. The third-order valence-electron chi connectivity index (χ3n) is 3.63. The Balaban J connectivity index is 0.00000361. The van der Waals surface area contributed by atoms with Crippen LogP contribution in [0.4, 0.5) is 0 Å². The maximum atomic E-state index is 5.30. The Kier molecular flexibility index (Phi) is 12.6. The number of guanidine groups is 1. The quantitative estimate of drug-likeness (QED) is 0.297. The molecule has 20 heavy (non-hydrogen) atoms. The van der Waals surface area contributed by atoms with Crippen molar-refractivity contribution in [2.24, 2.45) is 4.99 Å². The monoisotopic (exact) mass is 398 g/mol. The predicted octanol–water partition coefficient (Wildman–Crippen LogP) is 1.68. The number of aliphatic imine (C=N–C) groups is 1. The summed E-state index contributed by atoms with van der Waals surface area (Å²) in [4.78, 5) is 6.80. The number of halogens is 1. The highest BCUT2D eigenvalue weighted by Gasteiger charge is 2.20. The van der Waals surface area contributed by atoms with Crippen molar-refractivity contribution in [2.45, 2.75) is 39.2 Å². The van der Waals surface area contributed by atoms with Crippen molar-refractivity contribution < 1.29 is 4.74 Å². The number of likely N-dealkylation sites (tertiary alicyclic amines) is 1. The summed E-state index contributed by atoms with van der Waals surface area (Å²) in [5.74, 6) is 0.876. The molecule has 1 atom stereocenters. The molecular weight excluding hydrogens is 367 g/mol. The van der Waals surface area contributed by atoms with Crippen LogP contribution in [0, 0.1) is 0 Å². The van der Waals surface area contributed by atoms with Gasteiger partial charge in [-0.25, -0.2) is 0 Å². The fourth-order valence-electron chi connectivity index (χ4n) is 2.53. The molecule has 0 radical (unpaired) electrons. The van der Waals surface area contributed by atoms with E-state index in [9.17, 15) is 0 Å². The molecule has 1 heterocycles. The second-order valence-electron chi connectivity index (χ2n) is 4.86. The molecule has 0 aromatic carbocycles. The molecule has 0 spiro atoms. The molecule has 1 aliphatic rings. The van der Waals surface area contributed by atoms with Crippen molar-refractivity contribution in [1.29, 1.82) is 0 Å². The molecule has 0 aromatic heterocycles. The maximum Gasteiger partial charge on any atom is 0.191 e. The lowest BCUT2D eigenvalue weighted by atomic mass is 10.0. The van der Waals surface area contributed by atoms with Gasteiger partial charge in [-0.3, -0.25) is 9.89 Å². The summed E-state index contributed by atoms with van der Waals surface area (Å²) in [7, 11) is 1.81. The fourth-order valence-corrected chi connectivity index (χ4v) is 2.53. The minimum Gasteiger partial charge on any atom is -0.380 e. The van der Waals surface area contributed by atoms with Crippen LogP contribution < -0.4 is 10.6 Å². The molecule has 1 saturated heterocycles. The van der Waals surface area contributed by atoms with Gasteiger partial charge in [0, 0.05) is 32.8 Å². The Bertz CT molecular complexity index is 264. The van der Waals surface area contributed by atoms with Crippen LogP contribution in [0.2, 0.25) is 0 Å². The van der Waals surface area contributed by atoms with Gasteiger partial charge in [0.2, 0.25) is 0 Å². The van der Waals surface area contributed by atoms with Gasteiger partial charge in [-0.1, -0.05) is 13.3 Å². The SMILES string of the molecule is CCOCCNC(=NC)NCC1CCCCN1CC.I. The normalized spacial score (nSPS) is 20.4. The molecule has 0 bridgehead atoms. The number of rotatable bonds is 7. The molecule has 1 unspecified atom stereocenters. The Labute approximate surface area is 140 Å². The van der Waals surface area contributed by atoms with Crippen molar-refractivity contribution in [2.75, 3.05) is 46.4 Å². The summed E-state index contributed by atoms with van der Waals surface area (Å²) >= 11 is 0. The van der Waals surface area contributed by atoms with Gasteiger partial charge < -0.3 is 15.4 Å². The average Bonchev–Trinajstić information content (AvgIpc) is 2.47. The number of nitrogens with one attached hydrogen (secondary N) is 2. The number of hydrogen-bond acceptors (Lipinski definition) is 3. The van der Waals surface area contributed by atoms with E-state index in [-0.39, 0.29) is 24.0 Å². The first-order valence-electron chi connectivity index (χ1n) is 7.58. The van der Waals surface area contributed by atoms with Crippen LogP contribution >= 0.6 is 24.0 Å². The Morgan fingerprint density at radius 2 is 2.10 bits per heavy atom. The zero-order valence-electron chi connectivity index (χ0n) is 13.2. The minimum absolute atomic E-state index is 0. The van der Waals surface area contributed by atoms with Crippen LogP contribution in [0.3, 0.4) is 0 Å². The molecule has 0 amide bonds. The van der Waals surface area contributed by atoms with Crippen LogP contribution in [0.5, 0.6) is 0 Å². The molecule has 0 aliphatic carbocycles. The molecule has 2 N–H and O–H groups in total. The Morgan fingerprint density at radius 3 is 2.75 bits per heavy atom. The van der Waals surface area contributed by atoms with Crippen molar-refractivity contribution in [3.05, 3.63) is 0 Å². The molecule has 120 valence electrons. The van der Waals surface area contributed by atoms with E-state index in [1.807, 2.05) is 14.0 Å². The highest BCUT2D eigenvalue weighted by Crippen LogP contribution is 2.15. The lowest BCUT2D eigenvalue weighted by Gasteiger charge is -2.35. The largest absolute Gasteiger partial charge is 0.380 e. The first-order chi connectivity index (χ1) is 9.31. The van der Waals surface area contributed by atoms with E-state index in [0.29, 0.717) is 6.04 Å². The van der Waals surface area contributed by atoms with Crippen molar-refractivity contribution in [3.63, 3.8) is 0 Å². The number of ether oxygens (including phenoxy) is 1. The molecule has 6 heteroatoms. The zero-order valence-corrected chi connectivity index (χ0v) is 15.5. The number of hydrogen-bond donors (Lipinski definition) is 2. The lowest BCUT2D eigenvalue weighted by molar-refractivity contribution is 0.151. The smallest absolute Gasteiger partial charge is 0.191 e. The van der Waals surface area contributed by atoms with E-state index in [0.717, 1.165) is 38.8 Å². The molecule has 1 rings (SSSR count). The highest BCUT2D eigenvalue weighted by atomic mass is 127. The second kappa shape index (κ2) is 12.6. The predicted molar refractivity (Wildman–Crippen MR) is 96.2 cm³/mol. The van der Waals surface area contributed by atoms with Crippen molar-refractivity contribution in [3.8, 4) is 0 Å². The molecule has 0 aromatic rings. The molecule has 1 fully saturated rings. The summed E-state index contributed by atoms with van der Waals surface area (Å²) in [6.07, 6.45) is 3.97. The summed E-state index contributed by atoms with van der Waals surface area (Å²) < 4.78 is 5.30. The van der Waals surface area contributed by atoms with Crippen molar-refractivity contribution >= 4 is 29.9 Å². The summed E-state index contributed by atoms with van der Waals surface area (Å²) in [6, 6.07) is 0.643. The third kappa shape index (κ3) is 7.64. The van der Waals surface area contributed by atoms with Gasteiger partial charge in [0.1, 0.15) is 0 Å². The highest BCUT2D eigenvalue weighted by molar-refractivity contribution is 14.0. The molecule has 5 nitrogen and oxygen atoms in total. The van der Waals surface area contributed by atoms with E-state index in [1.165, 1.54) is 25.8 Å². The minimum atomic E-state index is 0. The topological polar surface area (TPSA) is 48.9 Å². The third-order valence-corrected chi connectivity index (χ3v) is 3.63. The number of likely N-dealkylation sites (N-methyl/N-ethyl adjacent to an activating group) is 1. The maximum absolute atomic E-state index is 5.30. The van der Waals surface area contributed by atoms with Crippen LogP contribution in [0.1, 0.15) is 33.1 Å². The summed E-state index contributed by atoms with van der Waals surface area (Å²) in [5, 5.41) is 6.69. The Morgan fingerprint density at radius 1 is 1.30 bits per heavy atom. The zero-order chi connectivity index (χ0) is 13.9. The molecule has 0 saturated carbocycles. The van der Waals surface area contributed by atoms with Gasteiger partial charge in [-0.15, -0.1) is 24.0 Å². The fraction of sp³-hybridized carbons (Fsp3) is 0.929. The van der Waals surface area contributed by atoms with Crippen LogP contribution in [-0.4, -0.2) is 63.3 Å². The van der Waals surface area contributed by atoms with E-state index in [1.54, 1.807) is 0 Å². The van der Waals surface area contributed by atoms with Gasteiger partial charge in [0.15, 0.2) is 5.96 Å². The van der Waals surface area contributed by atoms with Crippen molar-refractivity contribution in [1.82, 2.24) is 15.5 Å². The van der Waals surface area contributed by atoms with Gasteiger partial charge in [0.25, 0.3) is 0 Å². The van der Waals surface area contributed by atoms with Crippen LogP contribution in [0.25, 0.3) is 0 Å². The van der Waals surface area contributed by atoms with Gasteiger partial charge in [-0.2, -0.15) is 0 Å². The van der Waals surface area contributed by atoms with E-state index in [2.05, 4.69) is 27.4 Å². The van der Waals surface area contributed by atoms with E-state index < -0.39 is 0 Å².